The Hall–Kier alpha value is -0.475. The average molecular weight is 223 g/mol. The van der Waals surface area contributed by atoms with Gasteiger partial charge in [-0.3, -0.25) is 0 Å². The fourth-order valence-electron chi connectivity index (χ4n) is 2.47. The maximum atomic E-state index is 6.10. The van der Waals surface area contributed by atoms with Gasteiger partial charge in [-0.25, -0.2) is 0 Å². The molecule has 0 aliphatic carbocycles. The highest BCUT2D eigenvalue weighted by molar-refractivity contribution is 6.33. The second kappa shape index (κ2) is 6.31. The molecule has 0 aromatic carbocycles. The predicted octanol–water partition coefficient (Wildman–Crippen LogP) is 0.789. The van der Waals surface area contributed by atoms with E-state index in [0.717, 1.165) is 31.1 Å². The maximum absolute atomic E-state index is 6.10. The Morgan fingerprint density at radius 3 is 2.81 bits per heavy atom. The molecule has 0 aromatic heterocycles. The lowest BCUT2D eigenvalue weighted by atomic mass is 9.73. The molecule has 1 aliphatic heterocycles. The van der Waals surface area contributed by atoms with Crippen molar-refractivity contribution in [3.8, 4) is 0 Å². The van der Waals surface area contributed by atoms with Crippen LogP contribution in [0.2, 0.25) is 13.1 Å². The van der Waals surface area contributed by atoms with Crippen LogP contribution < -0.4 is 11.5 Å². The summed E-state index contributed by atoms with van der Waals surface area (Å²) in [5.41, 5.74) is 13.0. The Bertz CT molecular complexity index is 230. The zero-order chi connectivity index (χ0) is 12.1. The first-order chi connectivity index (χ1) is 7.54. The van der Waals surface area contributed by atoms with E-state index in [0.29, 0.717) is 0 Å². The number of nitrogens with two attached hydrogens (primary N) is 2. The first kappa shape index (κ1) is 13.6. The van der Waals surface area contributed by atoms with Crippen LogP contribution >= 0.6 is 0 Å². The number of hydrogen-bond donors (Lipinski definition) is 2. The summed E-state index contributed by atoms with van der Waals surface area (Å²) < 4.78 is 0. The van der Waals surface area contributed by atoms with E-state index in [9.17, 15) is 0 Å². The molecule has 3 atom stereocenters. The SMILES string of the molecule is C=C(C(C)N)N1CC(N)CC(CCBC)C1. The van der Waals surface area contributed by atoms with Crippen LogP contribution in [0.4, 0.5) is 0 Å². The largest absolute Gasteiger partial charge is 0.372 e. The van der Waals surface area contributed by atoms with Gasteiger partial charge in [0, 0.05) is 30.9 Å². The molecule has 16 heavy (non-hydrogen) atoms. The molecule has 1 fully saturated rings. The van der Waals surface area contributed by atoms with Gasteiger partial charge in [-0.2, -0.15) is 0 Å². The fraction of sp³-hybridized carbons (Fsp3) is 0.833. The number of rotatable bonds is 5. The Kier molecular flexibility index (Phi) is 5.36. The molecule has 1 rings (SSSR count). The van der Waals surface area contributed by atoms with Crippen LogP contribution in [-0.4, -0.2) is 37.4 Å². The number of nitrogens with zero attached hydrogens (tertiary/aromatic N) is 1. The Morgan fingerprint density at radius 1 is 1.56 bits per heavy atom. The average Bonchev–Trinajstić information content (AvgIpc) is 2.24. The summed E-state index contributed by atoms with van der Waals surface area (Å²) in [4.78, 5) is 2.29. The highest BCUT2D eigenvalue weighted by Crippen LogP contribution is 2.23. The van der Waals surface area contributed by atoms with Gasteiger partial charge in [-0.1, -0.05) is 26.1 Å². The standard InChI is InChI=1S/C12H26BN3/c1-9(14)10(2)16-7-11(4-5-13-3)6-12(15)8-16/h9,11-13H,2,4-8,14-15H2,1,3H3. The summed E-state index contributed by atoms with van der Waals surface area (Å²) in [6.07, 6.45) is 3.74. The quantitative estimate of drug-likeness (QED) is 0.677. The van der Waals surface area contributed by atoms with Gasteiger partial charge >= 0.3 is 0 Å². The molecule has 0 radical (unpaired) electrons. The maximum Gasteiger partial charge on any atom is 0.117 e. The monoisotopic (exact) mass is 223 g/mol. The molecule has 1 heterocycles. The van der Waals surface area contributed by atoms with E-state index in [1.807, 2.05) is 6.92 Å². The van der Waals surface area contributed by atoms with Crippen LogP contribution in [0, 0.1) is 5.92 Å². The molecule has 3 nitrogen and oxygen atoms in total. The number of piperidine rings is 1. The van der Waals surface area contributed by atoms with Crippen LogP contribution in [0.15, 0.2) is 12.3 Å². The number of likely N-dealkylation sites (tertiary alicyclic amines) is 1. The van der Waals surface area contributed by atoms with Crippen molar-refractivity contribution in [3.63, 3.8) is 0 Å². The van der Waals surface area contributed by atoms with Crippen LogP contribution in [0.3, 0.4) is 0 Å². The zero-order valence-electron chi connectivity index (χ0n) is 10.8. The van der Waals surface area contributed by atoms with Crippen LogP contribution in [0.5, 0.6) is 0 Å². The lowest BCUT2D eigenvalue weighted by Crippen LogP contribution is -2.48. The summed E-state index contributed by atoms with van der Waals surface area (Å²) in [6.45, 7) is 10.3. The second-order valence-electron chi connectivity index (χ2n) is 5.19. The fourth-order valence-corrected chi connectivity index (χ4v) is 2.47. The summed E-state index contributed by atoms with van der Waals surface area (Å²) in [5, 5.41) is 0. The van der Waals surface area contributed by atoms with Crippen molar-refractivity contribution in [1.29, 1.82) is 0 Å². The lowest BCUT2D eigenvalue weighted by molar-refractivity contribution is 0.185. The van der Waals surface area contributed by atoms with E-state index in [1.54, 1.807) is 0 Å². The highest BCUT2D eigenvalue weighted by Gasteiger charge is 2.26. The first-order valence-corrected chi connectivity index (χ1v) is 6.49. The van der Waals surface area contributed by atoms with Crippen LogP contribution in [0.25, 0.3) is 0 Å². The first-order valence-electron chi connectivity index (χ1n) is 6.49. The normalized spacial score (nSPS) is 27.6. The highest BCUT2D eigenvalue weighted by atomic mass is 15.2. The summed E-state index contributed by atoms with van der Waals surface area (Å²) in [7, 11) is 1.26. The van der Waals surface area contributed by atoms with Gasteiger partial charge in [-0.05, 0) is 19.3 Å². The van der Waals surface area contributed by atoms with E-state index in [1.165, 1.54) is 20.0 Å². The third kappa shape index (κ3) is 3.83. The van der Waals surface area contributed by atoms with E-state index in [2.05, 4.69) is 18.3 Å². The van der Waals surface area contributed by atoms with Crippen molar-refractivity contribution in [2.45, 2.75) is 45.0 Å². The van der Waals surface area contributed by atoms with E-state index in [-0.39, 0.29) is 12.1 Å². The minimum atomic E-state index is 0.0390. The summed E-state index contributed by atoms with van der Waals surface area (Å²) in [6, 6.07) is 0.322. The van der Waals surface area contributed by atoms with Crippen molar-refractivity contribution in [1.82, 2.24) is 4.90 Å². The van der Waals surface area contributed by atoms with Gasteiger partial charge in [0.1, 0.15) is 7.28 Å². The Balaban J connectivity index is 2.50. The van der Waals surface area contributed by atoms with Crippen molar-refractivity contribution in [3.05, 3.63) is 12.3 Å². The molecule has 4 N–H and O–H groups in total. The second-order valence-corrected chi connectivity index (χ2v) is 5.19. The molecule has 0 saturated carbocycles. The van der Waals surface area contributed by atoms with Crippen molar-refractivity contribution in [2.24, 2.45) is 17.4 Å². The van der Waals surface area contributed by atoms with Gasteiger partial charge in [0.05, 0.1) is 0 Å². The molecule has 92 valence electrons. The lowest BCUT2D eigenvalue weighted by Gasteiger charge is -2.40. The summed E-state index contributed by atoms with van der Waals surface area (Å²) in [5.74, 6) is 0.721. The molecular weight excluding hydrogens is 197 g/mol. The molecule has 0 spiro atoms. The molecule has 1 aliphatic rings. The summed E-state index contributed by atoms with van der Waals surface area (Å²) >= 11 is 0. The van der Waals surface area contributed by atoms with Gasteiger partial charge < -0.3 is 16.4 Å². The van der Waals surface area contributed by atoms with Crippen molar-refractivity contribution >= 4 is 7.28 Å². The predicted molar refractivity (Wildman–Crippen MR) is 72.9 cm³/mol. The van der Waals surface area contributed by atoms with Gasteiger partial charge in [0.2, 0.25) is 0 Å². The molecule has 0 bridgehead atoms. The topological polar surface area (TPSA) is 55.3 Å². The van der Waals surface area contributed by atoms with Crippen LogP contribution in [-0.2, 0) is 0 Å². The Labute approximate surface area is 100 Å². The molecule has 1 saturated heterocycles. The van der Waals surface area contributed by atoms with Crippen LogP contribution in [0.1, 0.15) is 19.8 Å². The van der Waals surface area contributed by atoms with Gasteiger partial charge in [0.25, 0.3) is 0 Å². The van der Waals surface area contributed by atoms with Crippen molar-refractivity contribution in [2.75, 3.05) is 13.1 Å². The van der Waals surface area contributed by atoms with E-state index >= 15 is 0 Å². The third-order valence-electron chi connectivity index (χ3n) is 3.47. The third-order valence-corrected chi connectivity index (χ3v) is 3.47. The minimum Gasteiger partial charge on any atom is -0.372 e. The minimum absolute atomic E-state index is 0.0390. The molecule has 0 aromatic rings. The molecular formula is C12H26BN3. The smallest absolute Gasteiger partial charge is 0.117 e. The Morgan fingerprint density at radius 2 is 2.25 bits per heavy atom. The molecule has 0 amide bonds. The van der Waals surface area contributed by atoms with Gasteiger partial charge in [0.15, 0.2) is 0 Å². The zero-order valence-corrected chi connectivity index (χ0v) is 10.8. The molecule has 4 heteroatoms. The molecule has 3 unspecified atom stereocenters. The van der Waals surface area contributed by atoms with Crippen molar-refractivity contribution < 1.29 is 0 Å². The van der Waals surface area contributed by atoms with E-state index in [4.69, 9.17) is 11.5 Å². The van der Waals surface area contributed by atoms with Gasteiger partial charge in [-0.15, -0.1) is 0 Å². The van der Waals surface area contributed by atoms with E-state index < -0.39 is 0 Å². The number of hydrogen-bond acceptors (Lipinski definition) is 3.